The largest absolute Gasteiger partial charge is 0.497 e. The first-order chi connectivity index (χ1) is 16.3. The lowest BCUT2D eigenvalue weighted by molar-refractivity contribution is -0.527. The summed E-state index contributed by atoms with van der Waals surface area (Å²) < 4.78 is 126. The van der Waals surface area contributed by atoms with Gasteiger partial charge in [0.2, 0.25) is 9.84 Å². The first-order valence-electron chi connectivity index (χ1n) is 9.86. The summed E-state index contributed by atoms with van der Waals surface area (Å²) in [5.41, 5.74) is 0. The molecule has 0 aliphatic heterocycles. The molecule has 5 nitrogen and oxygen atoms in total. The third-order valence-electron chi connectivity index (χ3n) is 5.38. The molecule has 1 fully saturated rings. The van der Waals surface area contributed by atoms with Gasteiger partial charge in [-0.15, -0.1) is 0 Å². The number of benzene rings is 3. The van der Waals surface area contributed by atoms with Crippen LogP contribution in [0.4, 0.5) is 26.3 Å². The molecular weight excluding hydrogens is 502 g/mol. The van der Waals surface area contributed by atoms with E-state index in [9.17, 15) is 26.0 Å². The Morgan fingerprint density at radius 3 is 1.37 bits per heavy atom. The third-order valence-corrected chi connectivity index (χ3v) is 7.17. The fourth-order valence-corrected chi connectivity index (χ4v) is 4.68. The van der Waals surface area contributed by atoms with Crippen LogP contribution in [0.5, 0.6) is 17.2 Å². The molecule has 1 aliphatic carbocycles. The van der Waals surface area contributed by atoms with Gasteiger partial charge in [-0.05, 0) is 60.7 Å². The molecule has 0 bridgehead atoms. The lowest BCUT2D eigenvalue weighted by atomic mass is 9.76. The highest BCUT2D eigenvalue weighted by atomic mass is 32.2. The van der Waals surface area contributed by atoms with E-state index in [1.165, 1.54) is 31.4 Å². The van der Waals surface area contributed by atoms with E-state index in [1.807, 2.05) is 0 Å². The topological polar surface area (TPSA) is 61.8 Å². The Morgan fingerprint density at radius 1 is 0.571 bits per heavy atom. The lowest BCUT2D eigenvalue weighted by Gasteiger charge is -2.55. The minimum Gasteiger partial charge on any atom is -0.497 e. The van der Waals surface area contributed by atoms with Crippen LogP contribution in [0, 0.1) is 0 Å². The monoisotopic (exact) mass is 518 g/mol. The smallest absolute Gasteiger partial charge is 0.395 e. The van der Waals surface area contributed by atoms with Gasteiger partial charge in [-0.25, -0.2) is 8.42 Å². The Labute approximate surface area is 195 Å². The molecule has 0 saturated heterocycles. The summed E-state index contributed by atoms with van der Waals surface area (Å²) in [6, 6.07) is 14.5. The Hall–Kier alpha value is -3.41. The van der Waals surface area contributed by atoms with E-state index in [0.29, 0.717) is 0 Å². The van der Waals surface area contributed by atoms with Crippen molar-refractivity contribution in [3.63, 3.8) is 0 Å². The van der Waals surface area contributed by atoms with E-state index < -0.39 is 44.9 Å². The van der Waals surface area contributed by atoms with Gasteiger partial charge in [0.25, 0.3) is 0 Å². The van der Waals surface area contributed by atoms with E-state index in [0.717, 1.165) is 48.5 Å². The molecule has 0 heterocycles. The van der Waals surface area contributed by atoms with Crippen molar-refractivity contribution in [2.45, 2.75) is 33.3 Å². The van der Waals surface area contributed by atoms with Gasteiger partial charge in [-0.2, -0.15) is 26.3 Å². The normalized spacial score (nSPS) is 24.8. The van der Waals surface area contributed by atoms with E-state index in [2.05, 4.69) is 9.47 Å². The number of halogens is 6. The predicted octanol–water partition coefficient (Wildman–Crippen LogP) is 5.60. The highest BCUT2D eigenvalue weighted by Gasteiger charge is 3.03. The molecule has 35 heavy (non-hydrogen) atoms. The van der Waals surface area contributed by atoms with E-state index in [4.69, 9.17) is 4.74 Å². The zero-order valence-electron chi connectivity index (χ0n) is 17.7. The van der Waals surface area contributed by atoms with Gasteiger partial charge in [0.15, 0.2) is 0 Å². The molecule has 0 spiro atoms. The Balaban J connectivity index is 1.64. The van der Waals surface area contributed by atoms with Gasteiger partial charge >= 0.3 is 23.6 Å². The van der Waals surface area contributed by atoms with Crippen molar-refractivity contribution in [3.05, 3.63) is 78.9 Å². The number of hydrogen-bond donors (Lipinski definition) is 0. The summed E-state index contributed by atoms with van der Waals surface area (Å²) >= 11 is 0. The molecule has 4 rings (SSSR count). The van der Waals surface area contributed by atoms with Crippen molar-refractivity contribution in [1.82, 2.24) is 0 Å². The number of rotatable bonds is 7. The molecule has 0 radical (unpaired) electrons. The van der Waals surface area contributed by atoms with Crippen molar-refractivity contribution >= 4 is 9.84 Å². The van der Waals surface area contributed by atoms with Gasteiger partial charge in [0.1, 0.15) is 17.2 Å². The number of sulfone groups is 1. The average Bonchev–Trinajstić information content (AvgIpc) is 2.84. The Kier molecular flexibility index (Phi) is 5.70. The molecule has 2 atom stereocenters. The van der Waals surface area contributed by atoms with Crippen LogP contribution >= 0.6 is 0 Å². The second-order valence-corrected chi connectivity index (χ2v) is 9.46. The number of hydrogen-bond acceptors (Lipinski definition) is 5. The van der Waals surface area contributed by atoms with Crippen LogP contribution in [-0.4, -0.2) is 39.1 Å². The highest BCUT2D eigenvalue weighted by molar-refractivity contribution is 7.91. The maximum atomic E-state index is 15.2. The third kappa shape index (κ3) is 3.49. The molecule has 2 unspecified atom stereocenters. The van der Waals surface area contributed by atoms with E-state index in [-0.39, 0.29) is 15.5 Å². The maximum Gasteiger partial charge on any atom is 0.395 e. The second-order valence-electron chi connectivity index (χ2n) is 7.51. The number of alkyl halides is 6. The fraction of sp³-hybridized carbons (Fsp3) is 0.217. The summed E-state index contributed by atoms with van der Waals surface area (Å²) in [6.07, 6.45) is 0. The van der Waals surface area contributed by atoms with Crippen LogP contribution in [0.15, 0.2) is 88.7 Å². The summed E-state index contributed by atoms with van der Waals surface area (Å²) in [7, 11) is -2.75. The van der Waals surface area contributed by atoms with Gasteiger partial charge in [0.05, 0.1) is 16.9 Å². The Bertz CT molecular complexity index is 1320. The molecule has 0 aromatic heterocycles. The fourth-order valence-electron chi connectivity index (χ4n) is 3.40. The van der Waals surface area contributed by atoms with E-state index >= 15 is 8.78 Å². The van der Waals surface area contributed by atoms with Gasteiger partial charge in [-0.3, -0.25) is 0 Å². The SMILES string of the molecule is COc1ccc(OC2(F)C(F)(F)C(F)(F)C2(F)Oc2ccc(S(=O)(=O)c3ccccc3)cc2)cc1. The van der Waals surface area contributed by atoms with Crippen LogP contribution in [0.2, 0.25) is 0 Å². The highest BCUT2D eigenvalue weighted by Crippen LogP contribution is 2.68. The zero-order chi connectivity index (χ0) is 25.7. The summed E-state index contributed by atoms with van der Waals surface area (Å²) in [6.45, 7) is 0. The minimum absolute atomic E-state index is 0.0866. The molecule has 1 aliphatic rings. The van der Waals surface area contributed by atoms with Gasteiger partial charge in [0, 0.05) is 0 Å². The molecule has 186 valence electrons. The summed E-state index contributed by atoms with van der Waals surface area (Å²) in [4.78, 5) is -0.410. The number of methoxy groups -OCH3 is 1. The molecule has 1 saturated carbocycles. The van der Waals surface area contributed by atoms with Crippen molar-refractivity contribution in [2.75, 3.05) is 7.11 Å². The Morgan fingerprint density at radius 2 is 0.943 bits per heavy atom. The van der Waals surface area contributed by atoms with Crippen molar-refractivity contribution in [1.29, 1.82) is 0 Å². The molecule has 12 heteroatoms. The van der Waals surface area contributed by atoms with Gasteiger partial charge in [-0.1, -0.05) is 18.2 Å². The van der Waals surface area contributed by atoms with Crippen LogP contribution in [0.25, 0.3) is 0 Å². The van der Waals surface area contributed by atoms with Crippen molar-refractivity contribution in [2.24, 2.45) is 0 Å². The minimum atomic E-state index is -5.63. The number of ether oxygens (including phenoxy) is 3. The second kappa shape index (κ2) is 8.08. The molecular formula is C23H16F6O5S. The zero-order valence-corrected chi connectivity index (χ0v) is 18.5. The molecule has 3 aromatic carbocycles. The quantitative estimate of drug-likeness (QED) is 0.381. The first kappa shape index (κ1) is 24.7. The summed E-state index contributed by atoms with van der Waals surface area (Å²) in [5, 5.41) is 0. The van der Waals surface area contributed by atoms with Gasteiger partial charge < -0.3 is 14.2 Å². The van der Waals surface area contributed by atoms with Crippen molar-refractivity contribution < 1.29 is 49.0 Å². The molecule has 3 aromatic rings. The van der Waals surface area contributed by atoms with Crippen LogP contribution in [0.1, 0.15) is 0 Å². The predicted molar refractivity (Wildman–Crippen MR) is 110 cm³/mol. The van der Waals surface area contributed by atoms with Crippen molar-refractivity contribution in [3.8, 4) is 17.2 Å². The van der Waals surface area contributed by atoms with Crippen LogP contribution < -0.4 is 14.2 Å². The standard InChI is InChI=1S/C23H16F6O5S/c1-32-15-7-9-16(10-8-15)33-22(28)20(24,25)21(26,27)23(22,29)34-17-11-13-19(14-12-17)35(30,31)18-5-3-2-4-6-18/h2-14H,1H3. The molecule has 0 N–H and O–H groups in total. The van der Waals surface area contributed by atoms with Crippen LogP contribution in [-0.2, 0) is 9.84 Å². The lowest BCUT2D eigenvalue weighted by Crippen LogP contribution is -2.89. The van der Waals surface area contributed by atoms with Crippen LogP contribution in [0.3, 0.4) is 0 Å². The summed E-state index contributed by atoms with van der Waals surface area (Å²) in [5.74, 6) is -22.4. The first-order valence-corrected chi connectivity index (χ1v) is 11.3. The maximum absolute atomic E-state index is 15.2. The van der Waals surface area contributed by atoms with E-state index in [1.54, 1.807) is 6.07 Å². The molecule has 0 amide bonds. The average molecular weight is 518 g/mol.